The minimum atomic E-state index is -5.39. The van der Waals surface area contributed by atoms with Crippen molar-refractivity contribution in [2.45, 2.75) is 213 Å². The van der Waals surface area contributed by atoms with Crippen molar-refractivity contribution in [3.05, 3.63) is 0 Å². The average Bonchev–Trinajstić information content (AvgIpc) is 2.98. The first-order valence-electron chi connectivity index (χ1n) is 19.4. The Morgan fingerprint density at radius 3 is 0.545 bits per heavy atom. The molecule has 0 fully saturated rings. The fraction of sp³-hybridized carbons (Fsp3) is 1.00. The van der Waals surface area contributed by atoms with E-state index in [9.17, 15) is 0 Å². The summed E-state index contributed by atoms with van der Waals surface area (Å²) in [5.41, 5.74) is 0. The lowest BCUT2D eigenvalue weighted by atomic mass is 10.1. The molecule has 0 bridgehead atoms. The summed E-state index contributed by atoms with van der Waals surface area (Å²) in [5.74, 6) is 0. The van der Waals surface area contributed by atoms with Crippen LogP contribution >= 0.6 is 35.5 Å². The summed E-state index contributed by atoms with van der Waals surface area (Å²) in [4.78, 5) is 25.6. The Balaban J connectivity index is -0.000000253. The van der Waals surface area contributed by atoms with Crippen molar-refractivity contribution in [1.82, 2.24) is 0 Å². The van der Waals surface area contributed by atoms with Gasteiger partial charge in [-0.3, -0.25) is 0 Å². The number of unbranched alkanes of at least 4 members (excludes halogenated alkanes) is 27. The molecule has 0 rings (SSSR count). The highest BCUT2D eigenvalue weighted by Gasteiger charge is 1.93. The second kappa shape index (κ2) is 51.2. The molecule has 0 aromatic carbocycles. The molecule has 8 heteroatoms. The average molecular weight is 705 g/mol. The van der Waals surface area contributed by atoms with Gasteiger partial charge in [-0.15, -0.1) is 0 Å². The Kier molecular flexibility index (Phi) is 60.8. The molecule has 0 aromatic heterocycles. The summed E-state index contributed by atoms with van der Waals surface area (Å²) < 4.78 is 8.55. The maximum absolute atomic E-state index is 8.55. The Bertz CT molecular complexity index is 402. The quantitative estimate of drug-likeness (QED) is 0.0550. The van der Waals surface area contributed by atoms with Crippen LogP contribution in [0.15, 0.2) is 0 Å². The first-order valence-corrected chi connectivity index (χ1v) is 23.8. The van der Waals surface area contributed by atoms with Crippen molar-refractivity contribution in [1.29, 1.82) is 0 Å². The van der Waals surface area contributed by atoms with Crippen molar-refractivity contribution in [2.75, 3.05) is 18.5 Å². The van der Waals surface area contributed by atoms with Gasteiger partial charge in [-0.05, 0) is 66.2 Å². The maximum atomic E-state index is 8.55. The lowest BCUT2D eigenvalue weighted by Crippen LogP contribution is -2.24. The molecule has 4 nitrogen and oxygen atoms in total. The van der Waals surface area contributed by atoms with E-state index in [4.69, 9.17) is 19.2 Å². The van der Waals surface area contributed by atoms with Crippen LogP contribution in [0, 0.1) is 0 Å². The molecule has 3 unspecified atom stereocenters. The van der Waals surface area contributed by atoms with E-state index in [2.05, 4.69) is 48.5 Å². The minimum absolute atomic E-state index is 1.37. The largest absolute Gasteiger partial charge is 0.822 e. The van der Waals surface area contributed by atoms with Gasteiger partial charge in [0, 0.05) is 0 Å². The highest BCUT2D eigenvalue weighted by Crippen LogP contribution is 2.13. The van der Waals surface area contributed by atoms with Crippen LogP contribution in [0.2, 0.25) is 0 Å². The van der Waals surface area contributed by atoms with E-state index in [0.29, 0.717) is 0 Å². The molecule has 0 saturated carbocycles. The van der Waals surface area contributed by atoms with Gasteiger partial charge >= 0.3 is 0 Å². The van der Waals surface area contributed by atoms with E-state index in [1.165, 1.54) is 211 Å². The molecule has 0 aromatic rings. The van der Waals surface area contributed by atoms with Gasteiger partial charge in [0.25, 0.3) is 0 Å². The lowest BCUT2D eigenvalue weighted by Gasteiger charge is -2.36. The standard InChI is InChI=1S/3C12H27P.H3O4P/c3*1-2-3-4-5-6-7-8-9-10-11-12-13;1-5(2,3)4/h3*2-13H2,1H3;(H3,1,2,3,4). The first-order chi connectivity index (χ1) is 21.2. The fourth-order valence-electron chi connectivity index (χ4n) is 4.99. The summed E-state index contributed by atoms with van der Waals surface area (Å²) in [6.07, 6.45) is 48.0. The molecule has 0 aliphatic carbocycles. The molecule has 0 amide bonds. The van der Waals surface area contributed by atoms with Gasteiger partial charge in [0.15, 0.2) is 0 Å². The van der Waals surface area contributed by atoms with Crippen LogP contribution in [0.1, 0.15) is 213 Å². The van der Waals surface area contributed by atoms with Gasteiger partial charge in [-0.1, -0.05) is 175 Å². The van der Waals surface area contributed by atoms with Crippen LogP contribution in [0.25, 0.3) is 0 Å². The molecule has 0 N–H and O–H groups in total. The molecule has 0 heterocycles. The van der Waals surface area contributed by atoms with Crippen molar-refractivity contribution >= 4 is 35.5 Å². The summed E-state index contributed by atoms with van der Waals surface area (Å²) >= 11 is 0. The third-order valence-electron chi connectivity index (χ3n) is 7.81. The van der Waals surface area contributed by atoms with Gasteiger partial charge in [0.05, 0.1) is 18.5 Å². The second-order valence-electron chi connectivity index (χ2n) is 12.6. The highest BCUT2D eigenvalue weighted by molar-refractivity contribution is 7.40. The second-order valence-corrected chi connectivity index (χ2v) is 15.6. The Morgan fingerprint density at radius 1 is 0.318 bits per heavy atom. The molecule has 0 saturated heterocycles. The molecule has 0 spiro atoms. The van der Waals surface area contributed by atoms with E-state index in [-0.39, 0.29) is 0 Å². The highest BCUT2D eigenvalue weighted by atomic mass is 31.2. The van der Waals surface area contributed by atoms with Crippen molar-refractivity contribution in [3.63, 3.8) is 0 Å². The van der Waals surface area contributed by atoms with Gasteiger partial charge in [0.1, 0.15) is 0 Å². The van der Waals surface area contributed by atoms with Crippen molar-refractivity contribution < 1.29 is 19.2 Å². The van der Waals surface area contributed by atoms with E-state index in [1.807, 2.05) is 0 Å². The van der Waals surface area contributed by atoms with E-state index >= 15 is 0 Å². The topological polar surface area (TPSA) is 86.2 Å². The zero-order chi connectivity index (χ0) is 33.8. The molecule has 3 atom stereocenters. The summed E-state index contributed by atoms with van der Waals surface area (Å²) in [6.45, 7) is 6.85. The Morgan fingerprint density at radius 2 is 0.432 bits per heavy atom. The summed E-state index contributed by atoms with van der Waals surface area (Å²) in [5, 5.41) is 0. The molecule has 0 aliphatic heterocycles. The number of rotatable bonds is 30. The maximum Gasteiger partial charge on any atom is 0.0526 e. The Hall–Kier alpha value is 1.40. The zero-order valence-corrected chi connectivity index (χ0v) is 35.7. The molecular weight excluding hydrogens is 620 g/mol. The smallest absolute Gasteiger partial charge is 0.0526 e. The predicted octanol–water partition coefficient (Wildman–Crippen LogP) is 10.7. The normalized spacial score (nSPS) is 11.0. The van der Waals surface area contributed by atoms with Crippen LogP contribution in [0.5, 0.6) is 0 Å². The predicted molar refractivity (Wildman–Crippen MR) is 211 cm³/mol. The SMILES string of the molecule is CCCCCCCCCCCC[PH3+].CCCCCCCCCCCC[PH3+].CCCCCCCCCCCC[PH3+].O=P([O-])([O-])[O-]. The van der Waals surface area contributed by atoms with E-state index in [0.717, 1.165) is 0 Å². The van der Waals surface area contributed by atoms with Gasteiger partial charge in [-0.2, -0.15) is 7.82 Å². The molecular formula is C36H84O4P4. The fourth-order valence-corrected chi connectivity index (χ4v) is 6.05. The number of phosphoric acid groups is 1. The number of hydrogen-bond donors (Lipinski definition) is 0. The van der Waals surface area contributed by atoms with Crippen molar-refractivity contribution in [3.8, 4) is 0 Å². The van der Waals surface area contributed by atoms with E-state index in [1.54, 1.807) is 0 Å². The molecule has 272 valence electrons. The summed E-state index contributed by atoms with van der Waals surface area (Å²) in [6, 6.07) is 0. The lowest BCUT2D eigenvalue weighted by molar-refractivity contribution is -0.432. The minimum Gasteiger partial charge on any atom is -0.822 e. The molecule has 0 radical (unpaired) electrons. The van der Waals surface area contributed by atoms with Gasteiger partial charge in [0.2, 0.25) is 0 Å². The molecule has 0 aliphatic rings. The Labute approximate surface area is 285 Å². The zero-order valence-electron chi connectivity index (χ0n) is 30.5. The summed E-state index contributed by atoms with van der Waals surface area (Å²) in [7, 11) is 0.935. The van der Waals surface area contributed by atoms with Crippen LogP contribution in [-0.4, -0.2) is 18.5 Å². The third kappa shape index (κ3) is 79.1. The van der Waals surface area contributed by atoms with Crippen LogP contribution < -0.4 is 14.7 Å². The molecule has 44 heavy (non-hydrogen) atoms. The van der Waals surface area contributed by atoms with Crippen molar-refractivity contribution in [2.24, 2.45) is 0 Å². The first kappa shape index (κ1) is 52.2. The number of hydrogen-bond acceptors (Lipinski definition) is 4. The van der Waals surface area contributed by atoms with Gasteiger partial charge < -0.3 is 19.2 Å². The third-order valence-corrected chi connectivity index (χ3v) is 9.31. The van der Waals surface area contributed by atoms with Crippen LogP contribution in [0.4, 0.5) is 0 Å². The monoisotopic (exact) mass is 705 g/mol. The van der Waals surface area contributed by atoms with Crippen LogP contribution in [-0.2, 0) is 4.57 Å². The van der Waals surface area contributed by atoms with E-state index < -0.39 is 7.82 Å². The van der Waals surface area contributed by atoms with Gasteiger partial charge in [-0.25, -0.2) is 0 Å². The van der Waals surface area contributed by atoms with Crippen LogP contribution in [0.3, 0.4) is 0 Å².